The standard InChI is InChI=1S/C48H94O3/c1-3-45(37-33-29-25-21-17-13-9-5-7-11-15-19-23-27-31-35-39-47-41-43-49-47)51-46(4-2)38-34-30-26-22-18-14-10-6-8-12-16-20-24-28-32-36-40-48-42-44-50-48/h45-48H,3-44H2,1-2H3. The minimum absolute atomic E-state index is 0.490. The van der Waals surface area contributed by atoms with E-state index >= 15 is 0 Å². The Morgan fingerprint density at radius 1 is 0.353 bits per heavy atom. The molecule has 2 aliphatic rings. The van der Waals surface area contributed by atoms with E-state index in [-0.39, 0.29) is 0 Å². The molecular formula is C48H94O3. The predicted octanol–water partition coefficient (Wildman–Crippen LogP) is 16.2. The van der Waals surface area contributed by atoms with E-state index in [1.807, 2.05) is 0 Å². The first-order chi connectivity index (χ1) is 25.3. The van der Waals surface area contributed by atoms with Crippen LogP contribution in [0.5, 0.6) is 0 Å². The molecule has 0 aliphatic carbocycles. The third-order valence-electron chi connectivity index (χ3n) is 12.5. The van der Waals surface area contributed by atoms with Gasteiger partial charge in [0.15, 0.2) is 0 Å². The Morgan fingerprint density at radius 3 is 0.765 bits per heavy atom. The van der Waals surface area contributed by atoms with Crippen LogP contribution in [0.4, 0.5) is 0 Å². The highest BCUT2D eigenvalue weighted by Gasteiger charge is 2.17. The van der Waals surface area contributed by atoms with Gasteiger partial charge in [-0.25, -0.2) is 0 Å². The van der Waals surface area contributed by atoms with Gasteiger partial charge >= 0.3 is 0 Å². The highest BCUT2D eigenvalue weighted by atomic mass is 16.5. The molecule has 3 heteroatoms. The summed E-state index contributed by atoms with van der Waals surface area (Å²) < 4.78 is 17.7. The molecular weight excluding hydrogens is 625 g/mol. The Hall–Kier alpha value is -0.120. The molecule has 0 aromatic rings. The molecule has 3 nitrogen and oxygen atoms in total. The van der Waals surface area contributed by atoms with Crippen LogP contribution in [0.15, 0.2) is 0 Å². The van der Waals surface area contributed by atoms with Crippen molar-refractivity contribution in [1.82, 2.24) is 0 Å². The fraction of sp³-hybridized carbons (Fsp3) is 1.00. The summed E-state index contributed by atoms with van der Waals surface area (Å²) in [6.45, 7) is 6.69. The van der Waals surface area contributed by atoms with E-state index in [1.165, 1.54) is 257 Å². The van der Waals surface area contributed by atoms with Crippen LogP contribution in [0.2, 0.25) is 0 Å². The van der Waals surface area contributed by atoms with Crippen molar-refractivity contribution < 1.29 is 14.2 Å². The topological polar surface area (TPSA) is 27.7 Å². The first kappa shape index (κ1) is 47.0. The van der Waals surface area contributed by atoms with E-state index in [0.29, 0.717) is 24.4 Å². The third kappa shape index (κ3) is 29.9. The fourth-order valence-corrected chi connectivity index (χ4v) is 8.47. The van der Waals surface area contributed by atoms with Gasteiger partial charge in [-0.05, 0) is 51.4 Å². The SMILES string of the molecule is CCC(CCCCCCCCCCCCCCCCCCC1CCO1)OC(CC)CCCCCCCCCCCCCCCCCCC1CCO1. The van der Waals surface area contributed by atoms with Crippen LogP contribution in [-0.2, 0) is 14.2 Å². The molecule has 4 atom stereocenters. The zero-order valence-electron chi connectivity index (χ0n) is 35.2. The summed E-state index contributed by atoms with van der Waals surface area (Å²) in [5.74, 6) is 0. The van der Waals surface area contributed by atoms with Gasteiger partial charge in [0.1, 0.15) is 0 Å². The van der Waals surface area contributed by atoms with Crippen LogP contribution in [-0.4, -0.2) is 37.6 Å². The molecule has 0 amide bonds. The van der Waals surface area contributed by atoms with Gasteiger partial charge in [-0.15, -0.1) is 0 Å². The Morgan fingerprint density at radius 2 is 0.569 bits per heavy atom. The van der Waals surface area contributed by atoms with Gasteiger partial charge < -0.3 is 14.2 Å². The van der Waals surface area contributed by atoms with Gasteiger partial charge in [0, 0.05) is 13.2 Å². The maximum absolute atomic E-state index is 6.63. The highest BCUT2D eigenvalue weighted by molar-refractivity contribution is 4.67. The lowest BCUT2D eigenvalue weighted by Crippen LogP contribution is -2.26. The Kier molecular flexibility index (Phi) is 34.0. The molecule has 0 spiro atoms. The van der Waals surface area contributed by atoms with E-state index in [9.17, 15) is 0 Å². The zero-order chi connectivity index (χ0) is 36.1. The second-order valence-electron chi connectivity index (χ2n) is 17.2. The van der Waals surface area contributed by atoms with Crippen LogP contribution in [0.1, 0.15) is 271 Å². The minimum Gasteiger partial charge on any atom is -0.378 e. The van der Waals surface area contributed by atoms with E-state index in [2.05, 4.69) is 13.8 Å². The lowest BCUT2D eigenvalue weighted by molar-refractivity contribution is -0.0557. The van der Waals surface area contributed by atoms with Gasteiger partial charge in [-0.1, -0.05) is 219 Å². The smallest absolute Gasteiger partial charge is 0.0597 e. The molecule has 2 rings (SSSR count). The van der Waals surface area contributed by atoms with Crippen molar-refractivity contribution in [1.29, 1.82) is 0 Å². The van der Waals surface area contributed by atoms with Crippen LogP contribution < -0.4 is 0 Å². The maximum atomic E-state index is 6.63. The Balaban J connectivity index is 1.23. The lowest BCUT2D eigenvalue weighted by atomic mass is 10.0. The second-order valence-corrected chi connectivity index (χ2v) is 17.2. The molecule has 2 saturated heterocycles. The Bertz CT molecular complexity index is 617. The fourth-order valence-electron chi connectivity index (χ4n) is 8.47. The quantitative estimate of drug-likeness (QED) is 0.0588. The molecule has 2 aliphatic heterocycles. The number of hydrogen-bond donors (Lipinski definition) is 0. The summed E-state index contributed by atoms with van der Waals surface area (Å²) in [5, 5.41) is 0. The molecule has 4 unspecified atom stereocenters. The minimum atomic E-state index is 0.490. The first-order valence-corrected chi connectivity index (χ1v) is 24.2. The summed E-state index contributed by atoms with van der Waals surface area (Å²) >= 11 is 0. The van der Waals surface area contributed by atoms with E-state index in [4.69, 9.17) is 14.2 Å². The molecule has 51 heavy (non-hydrogen) atoms. The van der Waals surface area contributed by atoms with Crippen molar-refractivity contribution in [2.24, 2.45) is 0 Å². The number of hydrogen-bond acceptors (Lipinski definition) is 3. The molecule has 0 aromatic carbocycles. The van der Waals surface area contributed by atoms with Crippen LogP contribution >= 0.6 is 0 Å². The normalized spacial score (nSPS) is 18.5. The monoisotopic (exact) mass is 719 g/mol. The average Bonchev–Trinajstić information content (AvgIpc) is 3.10. The lowest BCUT2D eigenvalue weighted by Gasteiger charge is -2.26. The van der Waals surface area contributed by atoms with Gasteiger partial charge in [0.25, 0.3) is 0 Å². The van der Waals surface area contributed by atoms with Crippen molar-refractivity contribution in [3.05, 3.63) is 0 Å². The second kappa shape index (κ2) is 36.8. The third-order valence-corrected chi connectivity index (χ3v) is 12.5. The molecule has 0 saturated carbocycles. The average molecular weight is 719 g/mol. The molecule has 304 valence electrons. The van der Waals surface area contributed by atoms with Gasteiger partial charge in [-0.2, -0.15) is 0 Å². The molecule has 0 N–H and O–H groups in total. The van der Waals surface area contributed by atoms with Crippen LogP contribution in [0.3, 0.4) is 0 Å². The molecule has 2 fully saturated rings. The molecule has 2 heterocycles. The van der Waals surface area contributed by atoms with Gasteiger partial charge in [0.05, 0.1) is 24.4 Å². The Labute approximate surface area is 321 Å². The van der Waals surface area contributed by atoms with Crippen molar-refractivity contribution in [2.45, 2.75) is 295 Å². The van der Waals surface area contributed by atoms with E-state index in [0.717, 1.165) is 13.2 Å². The van der Waals surface area contributed by atoms with Gasteiger partial charge in [0.2, 0.25) is 0 Å². The summed E-state index contributed by atoms with van der Waals surface area (Å²) in [5.41, 5.74) is 0. The maximum Gasteiger partial charge on any atom is 0.0597 e. The van der Waals surface area contributed by atoms with Crippen molar-refractivity contribution in [3.8, 4) is 0 Å². The number of unbranched alkanes of at least 4 members (excludes halogenated alkanes) is 30. The number of ether oxygens (including phenoxy) is 3. The summed E-state index contributed by atoms with van der Waals surface area (Å²) in [6.07, 6.45) is 58.5. The zero-order valence-corrected chi connectivity index (χ0v) is 35.2. The largest absolute Gasteiger partial charge is 0.378 e. The van der Waals surface area contributed by atoms with Crippen molar-refractivity contribution >= 4 is 0 Å². The summed E-state index contributed by atoms with van der Waals surface area (Å²) in [4.78, 5) is 0. The number of rotatable bonds is 42. The van der Waals surface area contributed by atoms with E-state index < -0.39 is 0 Å². The van der Waals surface area contributed by atoms with Crippen molar-refractivity contribution in [3.63, 3.8) is 0 Å². The van der Waals surface area contributed by atoms with Crippen LogP contribution in [0.25, 0.3) is 0 Å². The molecule has 0 aromatic heterocycles. The molecule has 0 bridgehead atoms. The predicted molar refractivity (Wildman–Crippen MR) is 224 cm³/mol. The van der Waals surface area contributed by atoms with Crippen molar-refractivity contribution in [2.75, 3.05) is 13.2 Å². The highest BCUT2D eigenvalue weighted by Crippen LogP contribution is 2.22. The van der Waals surface area contributed by atoms with Crippen LogP contribution in [0, 0.1) is 0 Å². The summed E-state index contributed by atoms with van der Waals surface area (Å²) in [7, 11) is 0. The van der Waals surface area contributed by atoms with E-state index in [1.54, 1.807) is 0 Å². The summed E-state index contributed by atoms with van der Waals surface area (Å²) in [6, 6.07) is 0. The van der Waals surface area contributed by atoms with Gasteiger partial charge in [-0.3, -0.25) is 0 Å². The molecule has 0 radical (unpaired) electrons. The first-order valence-electron chi connectivity index (χ1n) is 24.2.